The van der Waals surface area contributed by atoms with Crippen LogP contribution < -0.4 is 29.4 Å². The predicted molar refractivity (Wildman–Crippen MR) is 27.3 cm³/mol. The molecule has 0 N–H and O–H groups in total. The van der Waals surface area contributed by atoms with E-state index < -0.39 is 99.1 Å². The molecule has 0 aromatic carbocycles. The second kappa shape index (κ2) is 30.3. The fraction of sp³-hybridized carbons (Fsp3) is 0. The van der Waals surface area contributed by atoms with Gasteiger partial charge in [-0.25, -0.2) is 0 Å². The van der Waals surface area contributed by atoms with Gasteiger partial charge in [-0.05, 0) is 0 Å². The first-order valence-corrected chi connectivity index (χ1v) is 15.8. The SMILES string of the molecule is O=P([O-])([O-])[O-].O=P([O-])([O-])[O-].[Ca+2].[H-].[H-].[O]=[U+2]=[O].[O]=[U+2]=[O].[O]=[U+2]=[O]. The topological polar surface area (TPSA) is 275 Å². The molecular weight excluding hydrogens is 1040 g/mol. The summed E-state index contributed by atoms with van der Waals surface area (Å²) < 4.78 is 68.6. The summed E-state index contributed by atoms with van der Waals surface area (Å²) >= 11 is -7.52. The molecule has 0 bridgehead atoms. The van der Waals surface area contributed by atoms with Crippen LogP contribution in [-0.4, -0.2) is 37.7 Å². The van der Waals surface area contributed by atoms with E-state index in [2.05, 4.69) is 0 Å². The summed E-state index contributed by atoms with van der Waals surface area (Å²) in [6.45, 7) is 0. The van der Waals surface area contributed by atoms with Crippen LogP contribution in [0.2, 0.25) is 0 Å². The second-order valence-electron chi connectivity index (χ2n) is 1.14. The summed E-state index contributed by atoms with van der Waals surface area (Å²) in [5.41, 5.74) is 0. The van der Waals surface area contributed by atoms with Crippen molar-refractivity contribution < 1.29 is 138 Å². The fourth-order valence-corrected chi connectivity index (χ4v) is 0. The van der Waals surface area contributed by atoms with Crippen molar-refractivity contribution in [2.45, 2.75) is 0 Å². The van der Waals surface area contributed by atoms with E-state index in [-0.39, 0.29) is 40.6 Å². The summed E-state index contributed by atoms with van der Waals surface area (Å²) in [6, 6.07) is 0. The quantitative estimate of drug-likeness (QED) is 0.161. The Kier molecular flexibility index (Phi) is 58.8. The molecule has 0 unspecified atom stereocenters. The van der Waals surface area contributed by atoms with Crippen LogP contribution in [0.1, 0.15) is 2.85 Å². The van der Waals surface area contributed by atoms with Crippen molar-refractivity contribution in [3.8, 4) is 0 Å². The molecule has 0 saturated heterocycles. The molecule has 20 heavy (non-hydrogen) atoms. The van der Waals surface area contributed by atoms with E-state index in [1.165, 1.54) is 0 Å². The molecule has 0 rings (SSSR count). The molecule has 0 spiro atoms. The van der Waals surface area contributed by atoms with E-state index in [0.717, 1.165) is 0 Å². The van der Waals surface area contributed by atoms with Crippen molar-refractivity contribution in [2.75, 3.05) is 0 Å². The maximum absolute atomic E-state index is 8.58. The van der Waals surface area contributed by atoms with Gasteiger partial charge >= 0.3 is 135 Å². The van der Waals surface area contributed by atoms with E-state index in [1.807, 2.05) is 0 Å². The second-order valence-corrected chi connectivity index (χ2v) is 5.02. The minimum absolute atomic E-state index is 0. The fourth-order valence-electron chi connectivity index (χ4n) is 0. The van der Waals surface area contributed by atoms with Crippen LogP contribution in [-0.2, 0) is 22.5 Å². The van der Waals surface area contributed by atoms with Gasteiger partial charge in [0.25, 0.3) is 0 Å². The third kappa shape index (κ3) is 758. The molecule has 0 aliphatic heterocycles. The molecule has 0 saturated carbocycles. The molecular formula is H2CaO14P2U3. The van der Waals surface area contributed by atoms with Crippen LogP contribution in [0.25, 0.3) is 0 Å². The third-order valence-corrected chi connectivity index (χ3v) is 0. The molecule has 0 fully saturated rings. The van der Waals surface area contributed by atoms with Gasteiger partial charge < -0.3 is 41.3 Å². The minimum atomic E-state index is -5.39. The molecule has 20 heteroatoms. The van der Waals surface area contributed by atoms with Gasteiger partial charge in [0.15, 0.2) is 0 Å². The molecule has 110 valence electrons. The van der Waals surface area contributed by atoms with E-state index in [1.54, 1.807) is 0 Å². The average Bonchev–Trinajstić information content (AvgIpc) is 1.99. The van der Waals surface area contributed by atoms with Gasteiger partial charge in [-0.3, -0.25) is 0 Å². The Hall–Kier alpha value is 3.44. The van der Waals surface area contributed by atoms with E-state index in [0.29, 0.717) is 0 Å². The Balaban J connectivity index is -0.0000000183. The Morgan fingerprint density at radius 1 is 0.550 bits per heavy atom. The van der Waals surface area contributed by atoms with Crippen LogP contribution in [0.4, 0.5) is 0 Å². The zero-order valence-corrected chi connectivity index (χ0v) is 25.3. The van der Waals surface area contributed by atoms with E-state index in [9.17, 15) is 0 Å². The van der Waals surface area contributed by atoms with Gasteiger partial charge in [0, 0.05) is 0 Å². The van der Waals surface area contributed by atoms with Crippen LogP contribution in [0.3, 0.4) is 0 Å². The van der Waals surface area contributed by atoms with E-state index >= 15 is 0 Å². The molecule has 0 aromatic rings. The first-order chi connectivity index (χ1) is 8.24. The molecule has 14 nitrogen and oxygen atoms in total. The zero-order chi connectivity index (χ0) is 17.1. The van der Waals surface area contributed by atoms with Crippen LogP contribution in [0.15, 0.2) is 0 Å². The Morgan fingerprint density at radius 3 is 0.550 bits per heavy atom. The van der Waals surface area contributed by atoms with Crippen molar-refractivity contribution in [2.24, 2.45) is 0 Å². The molecule has 0 amide bonds. The maximum atomic E-state index is 8.58. The van der Waals surface area contributed by atoms with Gasteiger partial charge in [-0.15, -0.1) is 0 Å². The summed E-state index contributed by atoms with van der Waals surface area (Å²) in [4.78, 5) is 51.3. The monoisotopic (exact) mass is 1040 g/mol. The standard InChI is InChI=1S/Ca.2H3O4P.6O.3U.2H/c;2*1-5(2,3)4;;;;;;;;;;;/h;2*(H3,1,2,3,4);;;;;;;;;;;/q+2;;;;;;;;;3*+2;2*-1/p-6. The van der Waals surface area contributed by atoms with Gasteiger partial charge in [0.05, 0.1) is 0 Å². The third-order valence-electron chi connectivity index (χ3n) is 0. The first-order valence-electron chi connectivity index (χ1n) is 2.69. The van der Waals surface area contributed by atoms with Crippen molar-refractivity contribution in [3.63, 3.8) is 0 Å². The van der Waals surface area contributed by atoms with Crippen LogP contribution >= 0.6 is 15.6 Å². The number of hydrogen-bond donors (Lipinski definition) is 0. The zero-order valence-electron chi connectivity index (χ0n) is 10.8. The first kappa shape index (κ1) is 38.8. The molecule has 0 aliphatic carbocycles. The summed E-state index contributed by atoms with van der Waals surface area (Å²) in [6.07, 6.45) is 0. The Labute approximate surface area is 188 Å². The van der Waals surface area contributed by atoms with Crippen molar-refractivity contribution in [3.05, 3.63) is 0 Å². The normalized spacial score (nSPS) is 7.10. The van der Waals surface area contributed by atoms with Gasteiger partial charge in [0.2, 0.25) is 0 Å². The summed E-state index contributed by atoms with van der Waals surface area (Å²) in [5, 5.41) is 0. The van der Waals surface area contributed by atoms with Crippen molar-refractivity contribution >= 4 is 53.4 Å². The van der Waals surface area contributed by atoms with Crippen molar-refractivity contribution in [1.29, 1.82) is 0 Å². The van der Waals surface area contributed by atoms with Crippen molar-refractivity contribution in [1.82, 2.24) is 0 Å². The predicted octanol–water partition coefficient (Wildman–Crippen LogP) is -6.52. The van der Waals surface area contributed by atoms with Gasteiger partial charge in [-0.2, -0.15) is 15.6 Å². The number of hydrogen-bond acceptors (Lipinski definition) is 14. The Bertz CT molecular complexity index is 316. The number of phosphoric acid groups is 2. The van der Waals surface area contributed by atoms with Gasteiger partial charge in [-0.1, -0.05) is 0 Å². The molecule has 0 radical (unpaired) electrons. The molecule has 0 heterocycles. The molecule has 0 atom stereocenters. The van der Waals surface area contributed by atoms with Crippen LogP contribution in [0.5, 0.6) is 0 Å². The van der Waals surface area contributed by atoms with E-state index in [4.69, 9.17) is 51.9 Å². The van der Waals surface area contributed by atoms with Gasteiger partial charge in [0.1, 0.15) is 0 Å². The van der Waals surface area contributed by atoms with Crippen LogP contribution in [0, 0.1) is 83.5 Å². The average molecular weight is 1040 g/mol. The Morgan fingerprint density at radius 2 is 0.550 bits per heavy atom. The molecule has 0 aliphatic rings. The molecule has 0 aromatic heterocycles. The summed E-state index contributed by atoms with van der Waals surface area (Å²) in [7, 11) is -10.8. The summed E-state index contributed by atoms with van der Waals surface area (Å²) in [5.74, 6) is 0. The number of rotatable bonds is 0.